The summed E-state index contributed by atoms with van der Waals surface area (Å²) in [7, 11) is -4.48. The normalized spacial score (nSPS) is 11.2. The van der Waals surface area contributed by atoms with Gasteiger partial charge in [-0.25, -0.2) is 4.57 Å². The number of phosphoric ester groups is 1. The minimum Gasteiger partial charge on any atom is -0.404 e. The number of aromatic nitrogens is 1. The van der Waals surface area contributed by atoms with Crippen molar-refractivity contribution in [1.29, 1.82) is 0 Å². The molecule has 2 rings (SSSR count). The first kappa shape index (κ1) is 11.7. The zero-order valence-corrected chi connectivity index (χ0v) is 9.59. The van der Waals surface area contributed by atoms with Crippen LogP contribution in [0.4, 0.5) is 11.4 Å². The molecule has 1 aromatic heterocycles. The molecule has 17 heavy (non-hydrogen) atoms. The van der Waals surface area contributed by atoms with Crippen molar-refractivity contribution in [2.24, 2.45) is 0 Å². The molecular formula is C10H11N2O4P. The molecule has 0 saturated carbocycles. The molecule has 1 aromatic carbocycles. The van der Waals surface area contributed by atoms with Gasteiger partial charge in [-0.05, 0) is 30.3 Å². The highest BCUT2D eigenvalue weighted by Gasteiger charge is 2.15. The van der Waals surface area contributed by atoms with Crippen molar-refractivity contribution in [2.75, 3.05) is 5.32 Å². The second kappa shape index (κ2) is 4.63. The minimum absolute atomic E-state index is 0.123. The average molecular weight is 254 g/mol. The number of benzene rings is 1. The first-order chi connectivity index (χ1) is 8.03. The lowest BCUT2D eigenvalue weighted by Gasteiger charge is -2.08. The van der Waals surface area contributed by atoms with Gasteiger partial charge in [0.05, 0.1) is 5.69 Å². The number of phosphoric acid groups is 1. The molecule has 0 atom stereocenters. The largest absolute Gasteiger partial charge is 0.524 e. The number of hydrogen-bond acceptors (Lipinski definition) is 3. The Hall–Kier alpha value is -1.75. The van der Waals surface area contributed by atoms with Crippen LogP contribution in [0.15, 0.2) is 42.7 Å². The molecule has 0 aliphatic carbocycles. The van der Waals surface area contributed by atoms with Gasteiger partial charge in [0.1, 0.15) is 5.75 Å². The first-order valence-corrected chi connectivity index (χ1v) is 6.31. The van der Waals surface area contributed by atoms with E-state index in [1.54, 1.807) is 24.5 Å². The number of anilines is 2. The van der Waals surface area contributed by atoms with Gasteiger partial charge in [0.15, 0.2) is 0 Å². The number of nitrogens with one attached hydrogen (secondary N) is 2. The van der Waals surface area contributed by atoms with Crippen LogP contribution >= 0.6 is 7.82 Å². The SMILES string of the molecule is O=P(O)(O)Oc1ccc(Nc2cc[nH]c2)cc1. The van der Waals surface area contributed by atoms with E-state index in [0.29, 0.717) is 0 Å². The standard InChI is InChI=1S/C10H11N2O4P/c13-17(14,15)16-10-3-1-8(2-4-10)12-9-5-6-11-7-9/h1-7,11-12H,(H2,13,14,15). The first-order valence-electron chi connectivity index (χ1n) is 4.78. The summed E-state index contributed by atoms with van der Waals surface area (Å²) < 4.78 is 15.0. The molecule has 0 unspecified atom stereocenters. The van der Waals surface area contributed by atoms with Gasteiger partial charge in [0.2, 0.25) is 0 Å². The Morgan fingerprint density at radius 1 is 1.12 bits per heavy atom. The Balaban J connectivity index is 2.05. The van der Waals surface area contributed by atoms with E-state index >= 15 is 0 Å². The van der Waals surface area contributed by atoms with Crippen LogP contribution in [0.2, 0.25) is 0 Å². The topological polar surface area (TPSA) is 94.6 Å². The Labute approximate surface area is 97.5 Å². The monoisotopic (exact) mass is 254 g/mol. The number of H-pyrrole nitrogens is 1. The van der Waals surface area contributed by atoms with Crippen molar-refractivity contribution < 1.29 is 18.9 Å². The zero-order chi connectivity index (χ0) is 12.3. The molecule has 7 heteroatoms. The van der Waals surface area contributed by atoms with Crippen molar-refractivity contribution in [3.05, 3.63) is 42.7 Å². The third-order valence-electron chi connectivity index (χ3n) is 1.97. The molecule has 0 amide bonds. The van der Waals surface area contributed by atoms with Crippen LogP contribution in [0.5, 0.6) is 5.75 Å². The maximum absolute atomic E-state index is 10.6. The maximum Gasteiger partial charge on any atom is 0.524 e. The second-order valence-electron chi connectivity index (χ2n) is 3.33. The molecule has 6 nitrogen and oxygen atoms in total. The molecule has 0 aliphatic heterocycles. The lowest BCUT2D eigenvalue weighted by atomic mass is 10.3. The Morgan fingerprint density at radius 2 is 1.82 bits per heavy atom. The Kier molecular flexibility index (Phi) is 3.19. The van der Waals surface area contributed by atoms with E-state index in [-0.39, 0.29) is 5.75 Å². The molecule has 0 aliphatic rings. The lowest BCUT2D eigenvalue weighted by molar-refractivity contribution is 0.283. The molecule has 90 valence electrons. The van der Waals surface area contributed by atoms with Crippen LogP contribution in [0.1, 0.15) is 0 Å². The highest BCUT2D eigenvalue weighted by Crippen LogP contribution is 2.37. The molecule has 0 radical (unpaired) electrons. The van der Waals surface area contributed by atoms with Gasteiger partial charge in [-0.2, -0.15) is 0 Å². The fourth-order valence-electron chi connectivity index (χ4n) is 1.30. The summed E-state index contributed by atoms with van der Waals surface area (Å²) in [6.45, 7) is 0. The Morgan fingerprint density at radius 3 is 2.35 bits per heavy atom. The fraction of sp³-hybridized carbons (Fsp3) is 0. The van der Waals surface area contributed by atoms with Gasteiger partial charge in [-0.1, -0.05) is 0 Å². The third kappa shape index (κ3) is 3.64. The molecule has 0 saturated heterocycles. The van der Waals surface area contributed by atoms with E-state index in [4.69, 9.17) is 9.79 Å². The molecule has 0 spiro atoms. The van der Waals surface area contributed by atoms with Gasteiger partial charge in [0, 0.05) is 18.1 Å². The van der Waals surface area contributed by atoms with E-state index in [2.05, 4.69) is 14.8 Å². The molecule has 0 fully saturated rings. The van der Waals surface area contributed by atoms with Crippen molar-refractivity contribution in [2.45, 2.75) is 0 Å². The molecule has 4 N–H and O–H groups in total. The van der Waals surface area contributed by atoms with Crippen LogP contribution < -0.4 is 9.84 Å². The lowest BCUT2D eigenvalue weighted by Crippen LogP contribution is -1.91. The second-order valence-corrected chi connectivity index (χ2v) is 4.49. The van der Waals surface area contributed by atoms with Crippen molar-refractivity contribution in [3.8, 4) is 5.75 Å². The Bertz CT molecular complexity index is 518. The summed E-state index contributed by atoms with van der Waals surface area (Å²) in [5, 5.41) is 3.09. The fourth-order valence-corrected chi connectivity index (χ4v) is 1.70. The van der Waals surface area contributed by atoms with Crippen LogP contribution in [0.25, 0.3) is 0 Å². The smallest absolute Gasteiger partial charge is 0.404 e. The molecule has 2 aromatic rings. The average Bonchev–Trinajstić information content (AvgIpc) is 2.71. The van der Waals surface area contributed by atoms with Gasteiger partial charge in [-0.3, -0.25) is 9.79 Å². The highest BCUT2D eigenvalue weighted by molar-refractivity contribution is 7.46. The van der Waals surface area contributed by atoms with E-state index < -0.39 is 7.82 Å². The quantitative estimate of drug-likeness (QED) is 0.627. The van der Waals surface area contributed by atoms with E-state index in [1.807, 2.05) is 6.07 Å². The highest BCUT2D eigenvalue weighted by atomic mass is 31.2. The number of rotatable bonds is 4. The van der Waals surface area contributed by atoms with Gasteiger partial charge in [-0.15, -0.1) is 0 Å². The summed E-state index contributed by atoms with van der Waals surface area (Å²) in [4.78, 5) is 20.1. The van der Waals surface area contributed by atoms with Crippen molar-refractivity contribution >= 4 is 19.2 Å². The van der Waals surface area contributed by atoms with E-state index in [1.165, 1.54) is 12.1 Å². The third-order valence-corrected chi connectivity index (χ3v) is 2.41. The molecule has 0 bridgehead atoms. The number of aromatic amines is 1. The van der Waals surface area contributed by atoms with Crippen LogP contribution in [-0.2, 0) is 4.57 Å². The molecule has 1 heterocycles. The number of hydrogen-bond donors (Lipinski definition) is 4. The summed E-state index contributed by atoms with van der Waals surface area (Å²) in [6, 6.07) is 8.15. The predicted molar refractivity (Wildman–Crippen MR) is 63.2 cm³/mol. The van der Waals surface area contributed by atoms with Gasteiger partial charge in [0.25, 0.3) is 0 Å². The van der Waals surface area contributed by atoms with E-state index in [9.17, 15) is 4.57 Å². The summed E-state index contributed by atoms with van der Waals surface area (Å²) in [5.41, 5.74) is 1.69. The van der Waals surface area contributed by atoms with Crippen LogP contribution in [0.3, 0.4) is 0 Å². The van der Waals surface area contributed by atoms with Gasteiger partial charge < -0.3 is 14.8 Å². The summed E-state index contributed by atoms with van der Waals surface area (Å²) >= 11 is 0. The van der Waals surface area contributed by atoms with Crippen LogP contribution in [0, 0.1) is 0 Å². The maximum atomic E-state index is 10.6. The zero-order valence-electron chi connectivity index (χ0n) is 8.70. The van der Waals surface area contributed by atoms with E-state index in [0.717, 1.165) is 11.4 Å². The van der Waals surface area contributed by atoms with Crippen LogP contribution in [-0.4, -0.2) is 14.8 Å². The predicted octanol–water partition coefficient (Wildman–Crippen LogP) is 2.23. The van der Waals surface area contributed by atoms with Crippen molar-refractivity contribution in [3.63, 3.8) is 0 Å². The van der Waals surface area contributed by atoms with Crippen molar-refractivity contribution in [1.82, 2.24) is 4.98 Å². The molecular weight excluding hydrogens is 243 g/mol. The van der Waals surface area contributed by atoms with Gasteiger partial charge >= 0.3 is 7.82 Å². The summed E-state index contributed by atoms with van der Waals surface area (Å²) in [6.07, 6.45) is 3.58. The minimum atomic E-state index is -4.48. The summed E-state index contributed by atoms with van der Waals surface area (Å²) in [5.74, 6) is 0.123.